The molecule has 1 rings (SSSR count). The molecule has 0 saturated carbocycles. The summed E-state index contributed by atoms with van der Waals surface area (Å²) < 4.78 is 17.4. The van der Waals surface area contributed by atoms with Crippen molar-refractivity contribution in [2.75, 3.05) is 20.8 Å². The molecular weight excluding hydrogens is 169 g/mol. The molecule has 13 heavy (non-hydrogen) atoms. The number of hydrogen-bond donors (Lipinski definition) is 1. The molecule has 0 radical (unpaired) electrons. The summed E-state index contributed by atoms with van der Waals surface area (Å²) in [6.45, 7) is -0.400. The van der Waals surface area contributed by atoms with Crippen LogP contribution in [0.15, 0.2) is 24.3 Å². The van der Waals surface area contributed by atoms with Crippen LogP contribution in [0.3, 0.4) is 0 Å². The smallest absolute Gasteiger partial charge is 0.118 e. The Morgan fingerprint density at radius 3 is 2.38 bits per heavy atom. The monoisotopic (exact) mass is 183 g/mol. The van der Waals surface area contributed by atoms with Gasteiger partial charge in [-0.25, -0.2) is 4.39 Å². The first kappa shape index (κ1) is 9.99. The molecule has 0 spiro atoms. The molecule has 0 bridgehead atoms. The summed E-state index contributed by atoms with van der Waals surface area (Å²) in [6, 6.07) is 7.16. The maximum absolute atomic E-state index is 12.4. The number of hydrogen-bond acceptors (Lipinski definition) is 2. The molecule has 0 heterocycles. The van der Waals surface area contributed by atoms with Crippen molar-refractivity contribution in [2.24, 2.45) is 0 Å². The van der Waals surface area contributed by atoms with Crippen LogP contribution in [-0.4, -0.2) is 20.8 Å². The van der Waals surface area contributed by atoms with Crippen LogP contribution in [0.25, 0.3) is 0 Å². The highest BCUT2D eigenvalue weighted by atomic mass is 19.1. The number of alkyl halides is 1. The van der Waals surface area contributed by atoms with Crippen molar-refractivity contribution >= 4 is 0 Å². The Morgan fingerprint density at radius 1 is 1.38 bits per heavy atom. The predicted molar refractivity (Wildman–Crippen MR) is 50.8 cm³/mol. The van der Waals surface area contributed by atoms with E-state index >= 15 is 0 Å². The van der Waals surface area contributed by atoms with Crippen LogP contribution in [0.5, 0.6) is 5.75 Å². The molecule has 1 aromatic rings. The highest BCUT2D eigenvalue weighted by molar-refractivity contribution is 5.29. The van der Waals surface area contributed by atoms with Crippen molar-refractivity contribution in [3.63, 3.8) is 0 Å². The highest BCUT2D eigenvalue weighted by Gasteiger charge is 2.07. The normalized spacial score (nSPS) is 12.5. The van der Waals surface area contributed by atoms with Gasteiger partial charge < -0.3 is 10.1 Å². The van der Waals surface area contributed by atoms with Gasteiger partial charge in [0, 0.05) is 0 Å². The first-order valence-corrected chi connectivity index (χ1v) is 4.19. The first-order valence-electron chi connectivity index (χ1n) is 4.19. The van der Waals surface area contributed by atoms with Crippen molar-refractivity contribution in [1.29, 1.82) is 0 Å². The second kappa shape index (κ2) is 4.82. The minimum atomic E-state index is -0.400. The SMILES string of the molecule is CN[C@@H](CF)c1ccc(OC)cc1. The third-order valence-electron chi connectivity index (χ3n) is 2.02. The highest BCUT2D eigenvalue weighted by Crippen LogP contribution is 2.17. The van der Waals surface area contributed by atoms with E-state index in [-0.39, 0.29) is 6.04 Å². The zero-order valence-corrected chi connectivity index (χ0v) is 7.88. The molecule has 0 fully saturated rings. The number of rotatable bonds is 4. The maximum atomic E-state index is 12.4. The van der Waals surface area contributed by atoms with Gasteiger partial charge in [0.05, 0.1) is 13.2 Å². The average Bonchev–Trinajstić information content (AvgIpc) is 2.21. The molecule has 0 aliphatic carbocycles. The molecule has 2 nitrogen and oxygen atoms in total. The second-order valence-corrected chi connectivity index (χ2v) is 2.77. The van der Waals surface area contributed by atoms with Gasteiger partial charge in [-0.3, -0.25) is 0 Å². The molecular formula is C10H14FNO. The number of methoxy groups -OCH3 is 1. The summed E-state index contributed by atoms with van der Waals surface area (Å²) in [7, 11) is 3.36. The van der Waals surface area contributed by atoms with Gasteiger partial charge in [-0.15, -0.1) is 0 Å². The predicted octanol–water partition coefficient (Wildman–Crippen LogP) is 1.93. The fourth-order valence-corrected chi connectivity index (χ4v) is 1.17. The summed E-state index contributed by atoms with van der Waals surface area (Å²) in [6.07, 6.45) is 0. The largest absolute Gasteiger partial charge is 0.497 e. The number of nitrogens with one attached hydrogen (secondary N) is 1. The van der Waals surface area contributed by atoms with E-state index in [9.17, 15) is 4.39 Å². The van der Waals surface area contributed by atoms with E-state index in [1.807, 2.05) is 24.3 Å². The van der Waals surface area contributed by atoms with Gasteiger partial charge in [0.25, 0.3) is 0 Å². The van der Waals surface area contributed by atoms with Crippen molar-refractivity contribution in [3.05, 3.63) is 29.8 Å². The maximum Gasteiger partial charge on any atom is 0.118 e. The van der Waals surface area contributed by atoms with E-state index in [0.29, 0.717) is 0 Å². The zero-order chi connectivity index (χ0) is 9.68. The molecule has 0 aliphatic heterocycles. The van der Waals surface area contributed by atoms with Crippen LogP contribution in [-0.2, 0) is 0 Å². The molecule has 1 atom stereocenters. The molecule has 0 amide bonds. The number of halogens is 1. The third-order valence-corrected chi connectivity index (χ3v) is 2.02. The Bertz CT molecular complexity index is 244. The van der Waals surface area contributed by atoms with Gasteiger partial charge in [-0.05, 0) is 24.7 Å². The summed E-state index contributed by atoms with van der Waals surface area (Å²) in [5.41, 5.74) is 0.936. The lowest BCUT2D eigenvalue weighted by Crippen LogP contribution is -2.17. The van der Waals surface area contributed by atoms with Gasteiger partial charge in [-0.1, -0.05) is 12.1 Å². The number of benzene rings is 1. The lowest BCUT2D eigenvalue weighted by Gasteiger charge is -2.12. The van der Waals surface area contributed by atoms with E-state index in [4.69, 9.17) is 4.74 Å². The fourth-order valence-electron chi connectivity index (χ4n) is 1.17. The van der Waals surface area contributed by atoms with Gasteiger partial charge in [0.15, 0.2) is 0 Å². The van der Waals surface area contributed by atoms with Crippen LogP contribution in [0, 0.1) is 0 Å². The molecule has 0 saturated heterocycles. The third kappa shape index (κ3) is 2.42. The molecule has 1 N–H and O–H groups in total. The molecule has 0 unspecified atom stereocenters. The minimum Gasteiger partial charge on any atom is -0.497 e. The standard InChI is InChI=1S/C10H14FNO/c1-12-10(7-11)8-3-5-9(13-2)6-4-8/h3-6,10,12H,7H2,1-2H3/t10-/m0/s1. The molecule has 1 aromatic carbocycles. The quantitative estimate of drug-likeness (QED) is 0.770. The van der Waals surface area contributed by atoms with E-state index in [0.717, 1.165) is 11.3 Å². The Morgan fingerprint density at radius 2 is 2.00 bits per heavy atom. The Kier molecular flexibility index (Phi) is 3.71. The van der Waals surface area contributed by atoms with Crippen molar-refractivity contribution in [3.8, 4) is 5.75 Å². The topological polar surface area (TPSA) is 21.3 Å². The Balaban J connectivity index is 2.78. The molecule has 0 aromatic heterocycles. The molecule has 3 heteroatoms. The van der Waals surface area contributed by atoms with E-state index in [1.165, 1.54) is 0 Å². The van der Waals surface area contributed by atoms with Crippen molar-refractivity contribution in [2.45, 2.75) is 6.04 Å². The Hall–Kier alpha value is -1.09. The van der Waals surface area contributed by atoms with Gasteiger partial charge in [0.1, 0.15) is 12.4 Å². The average molecular weight is 183 g/mol. The van der Waals surface area contributed by atoms with Crippen LogP contribution in [0.1, 0.15) is 11.6 Å². The second-order valence-electron chi connectivity index (χ2n) is 2.77. The van der Waals surface area contributed by atoms with Gasteiger partial charge in [0.2, 0.25) is 0 Å². The van der Waals surface area contributed by atoms with E-state index in [1.54, 1.807) is 14.2 Å². The van der Waals surface area contributed by atoms with Crippen molar-refractivity contribution < 1.29 is 9.13 Å². The summed E-state index contributed by atoms with van der Waals surface area (Å²) >= 11 is 0. The molecule has 0 aliphatic rings. The fraction of sp³-hybridized carbons (Fsp3) is 0.400. The summed E-state index contributed by atoms with van der Waals surface area (Å²) in [5.74, 6) is 0.789. The number of ether oxygens (including phenoxy) is 1. The summed E-state index contributed by atoms with van der Waals surface area (Å²) in [5, 5.41) is 2.89. The minimum absolute atomic E-state index is 0.217. The van der Waals surface area contributed by atoms with Crippen LogP contribution in [0.2, 0.25) is 0 Å². The lowest BCUT2D eigenvalue weighted by molar-refractivity contribution is 0.397. The van der Waals surface area contributed by atoms with E-state index in [2.05, 4.69) is 5.32 Å². The van der Waals surface area contributed by atoms with Crippen LogP contribution < -0.4 is 10.1 Å². The van der Waals surface area contributed by atoms with Gasteiger partial charge >= 0.3 is 0 Å². The lowest BCUT2D eigenvalue weighted by atomic mass is 10.1. The van der Waals surface area contributed by atoms with Gasteiger partial charge in [-0.2, -0.15) is 0 Å². The van der Waals surface area contributed by atoms with E-state index < -0.39 is 6.67 Å². The Labute approximate surface area is 77.7 Å². The van der Waals surface area contributed by atoms with Crippen molar-refractivity contribution in [1.82, 2.24) is 5.32 Å². The van der Waals surface area contributed by atoms with Crippen LogP contribution in [0.4, 0.5) is 4.39 Å². The zero-order valence-electron chi connectivity index (χ0n) is 7.88. The van der Waals surface area contributed by atoms with Crippen LogP contribution >= 0.6 is 0 Å². The summed E-state index contributed by atoms with van der Waals surface area (Å²) in [4.78, 5) is 0. The first-order chi connectivity index (χ1) is 6.31. The molecule has 72 valence electrons.